The Hall–Kier alpha value is -1.28. The van der Waals surface area contributed by atoms with Gasteiger partial charge in [0.25, 0.3) is 5.56 Å². The first-order valence-electron chi connectivity index (χ1n) is 6.37. The van der Waals surface area contributed by atoms with Gasteiger partial charge in [0, 0.05) is 22.6 Å². The lowest BCUT2D eigenvalue weighted by atomic mass is 9.96. The third kappa shape index (κ3) is 2.11. The molecule has 1 fully saturated rings. The summed E-state index contributed by atoms with van der Waals surface area (Å²) >= 11 is 1.86. The number of halogens is 1. The molecule has 0 aliphatic carbocycles. The van der Waals surface area contributed by atoms with E-state index in [2.05, 4.69) is 15.0 Å². The van der Waals surface area contributed by atoms with Gasteiger partial charge in [-0.15, -0.1) is 0 Å². The zero-order valence-corrected chi connectivity index (χ0v) is 13.6. The quantitative estimate of drug-likeness (QED) is 0.283. The molecule has 0 amide bonds. The Morgan fingerprint density at radius 2 is 2.23 bits per heavy atom. The average Bonchev–Trinajstić information content (AvgIpc) is 2.86. The summed E-state index contributed by atoms with van der Waals surface area (Å²) in [5, 5.41) is 29.9. The van der Waals surface area contributed by atoms with E-state index in [1.165, 1.54) is 11.5 Å². The van der Waals surface area contributed by atoms with E-state index in [-0.39, 0.29) is 17.1 Å². The molecule has 0 aromatic carbocycles. The minimum absolute atomic E-state index is 0.0416. The number of aromatic nitrogens is 4. The maximum atomic E-state index is 11.9. The van der Waals surface area contributed by atoms with Gasteiger partial charge in [-0.3, -0.25) is 14.3 Å². The molecule has 1 aliphatic rings. The zero-order valence-electron chi connectivity index (χ0n) is 11.4. The molecule has 22 heavy (non-hydrogen) atoms. The van der Waals surface area contributed by atoms with Crippen LogP contribution in [-0.4, -0.2) is 59.3 Å². The van der Waals surface area contributed by atoms with Gasteiger partial charge in [-0.2, -0.15) is 4.98 Å². The van der Waals surface area contributed by atoms with Gasteiger partial charge >= 0.3 is 0 Å². The predicted octanol–water partition coefficient (Wildman–Crippen LogP) is -1.69. The molecule has 0 radical (unpaired) electrons. The number of nitrogens with two attached hydrogens (primary N) is 1. The summed E-state index contributed by atoms with van der Waals surface area (Å²) in [6.45, 7) is 0.906. The zero-order chi connectivity index (χ0) is 16.2. The van der Waals surface area contributed by atoms with Crippen molar-refractivity contribution in [3.05, 3.63) is 14.2 Å². The largest absolute Gasteiger partial charge is 0.394 e. The number of aliphatic hydroxyl groups is 3. The van der Waals surface area contributed by atoms with Gasteiger partial charge in [-0.05, 0) is 6.92 Å². The molecule has 0 unspecified atom stereocenters. The summed E-state index contributed by atoms with van der Waals surface area (Å²) in [5.74, 6) is -0.105. The van der Waals surface area contributed by atoms with Crippen LogP contribution in [-0.2, 0) is 4.74 Å². The smallest absolute Gasteiger partial charge is 0.280 e. The van der Waals surface area contributed by atoms with E-state index in [0.29, 0.717) is 3.83 Å². The number of imidazole rings is 1. The maximum absolute atomic E-state index is 11.9. The molecule has 4 atom stereocenters. The highest BCUT2D eigenvalue weighted by Gasteiger charge is 2.53. The normalized spacial score (nSPS) is 32.0. The lowest BCUT2D eigenvalue weighted by molar-refractivity contribution is -0.0961. The third-order valence-corrected chi connectivity index (χ3v) is 4.46. The standard InChI is InChI=1S/C11H14IN5O5/c1-11(21)5(19)3(2-18)22-8(11)17-6-4(14-9(17)12)7(20)16-10(13)15-6/h3,5,8,18-19,21H,2H2,1H3,(H3,13,15,16,20)/t3-,5-,8-,11+/m1/s1. The molecule has 0 spiro atoms. The molecule has 120 valence electrons. The second-order valence-corrected chi connectivity index (χ2v) is 6.22. The number of nitrogens with zero attached hydrogens (tertiary/aromatic N) is 3. The van der Waals surface area contributed by atoms with E-state index in [1.807, 2.05) is 22.6 Å². The van der Waals surface area contributed by atoms with E-state index in [9.17, 15) is 20.1 Å². The summed E-state index contributed by atoms with van der Waals surface area (Å²) in [5.41, 5.74) is 3.49. The number of aliphatic hydroxyl groups excluding tert-OH is 2. The number of anilines is 1. The van der Waals surface area contributed by atoms with Crippen LogP contribution in [0, 0.1) is 3.83 Å². The van der Waals surface area contributed by atoms with Crippen molar-refractivity contribution < 1.29 is 20.1 Å². The van der Waals surface area contributed by atoms with E-state index in [0.717, 1.165) is 0 Å². The number of nitrogen functional groups attached to an aromatic ring is 1. The highest BCUT2D eigenvalue weighted by atomic mass is 127. The first kappa shape index (κ1) is 15.6. The summed E-state index contributed by atoms with van der Waals surface area (Å²) in [7, 11) is 0. The molecule has 3 rings (SSSR count). The van der Waals surface area contributed by atoms with Crippen molar-refractivity contribution in [2.75, 3.05) is 12.3 Å². The molecule has 6 N–H and O–H groups in total. The number of rotatable bonds is 2. The van der Waals surface area contributed by atoms with E-state index < -0.39 is 36.2 Å². The van der Waals surface area contributed by atoms with Crippen molar-refractivity contribution in [1.29, 1.82) is 0 Å². The lowest BCUT2D eigenvalue weighted by Gasteiger charge is -2.27. The monoisotopic (exact) mass is 423 g/mol. The fraction of sp³-hybridized carbons (Fsp3) is 0.545. The molecule has 0 saturated carbocycles. The van der Waals surface area contributed by atoms with Gasteiger partial charge in [0.05, 0.1) is 6.61 Å². The van der Waals surface area contributed by atoms with Crippen LogP contribution < -0.4 is 11.3 Å². The van der Waals surface area contributed by atoms with Crippen LogP contribution in [0.25, 0.3) is 11.2 Å². The van der Waals surface area contributed by atoms with Gasteiger partial charge in [-0.1, -0.05) is 0 Å². The Kier molecular flexibility index (Phi) is 3.64. The Bertz CT molecular complexity index is 787. The molecule has 1 saturated heterocycles. The Morgan fingerprint density at radius 1 is 1.55 bits per heavy atom. The van der Waals surface area contributed by atoms with Gasteiger partial charge in [0.1, 0.15) is 17.8 Å². The predicted molar refractivity (Wildman–Crippen MR) is 82.9 cm³/mol. The molecular weight excluding hydrogens is 409 g/mol. The molecular formula is C11H14IN5O5. The maximum Gasteiger partial charge on any atom is 0.280 e. The number of hydrogen-bond acceptors (Lipinski definition) is 8. The van der Waals surface area contributed by atoms with E-state index in [1.54, 1.807) is 0 Å². The fourth-order valence-electron chi connectivity index (χ4n) is 2.55. The number of fused-ring (bicyclic) bond motifs is 1. The SMILES string of the molecule is C[C@]1(O)[C@H](O)[C@@H](CO)O[C@H]1n1c(I)nc2c(=O)[nH]c(N)nc21. The number of aromatic amines is 1. The number of H-pyrrole nitrogens is 1. The van der Waals surface area contributed by atoms with Crippen LogP contribution in [0.5, 0.6) is 0 Å². The van der Waals surface area contributed by atoms with Crippen molar-refractivity contribution in [2.45, 2.75) is 31.0 Å². The Morgan fingerprint density at radius 3 is 2.82 bits per heavy atom. The Balaban J connectivity index is 2.22. The lowest BCUT2D eigenvalue weighted by Crippen LogP contribution is -2.44. The van der Waals surface area contributed by atoms with E-state index in [4.69, 9.17) is 10.5 Å². The van der Waals surface area contributed by atoms with Crippen LogP contribution in [0.2, 0.25) is 0 Å². The van der Waals surface area contributed by atoms with Crippen molar-refractivity contribution in [2.24, 2.45) is 0 Å². The van der Waals surface area contributed by atoms with E-state index >= 15 is 0 Å². The third-order valence-electron chi connectivity index (χ3n) is 3.69. The topological polar surface area (TPSA) is 160 Å². The van der Waals surface area contributed by atoms with Crippen LogP contribution in [0.1, 0.15) is 13.2 Å². The highest BCUT2D eigenvalue weighted by molar-refractivity contribution is 14.1. The molecule has 11 heteroatoms. The second kappa shape index (κ2) is 5.13. The average molecular weight is 423 g/mol. The first-order chi connectivity index (χ1) is 10.3. The molecule has 10 nitrogen and oxygen atoms in total. The van der Waals surface area contributed by atoms with Crippen LogP contribution >= 0.6 is 22.6 Å². The van der Waals surface area contributed by atoms with Gasteiger partial charge in [0.2, 0.25) is 5.95 Å². The van der Waals surface area contributed by atoms with Crippen molar-refractivity contribution in [1.82, 2.24) is 19.5 Å². The van der Waals surface area contributed by atoms with Crippen LogP contribution in [0.4, 0.5) is 5.95 Å². The highest BCUT2D eigenvalue weighted by Crippen LogP contribution is 2.40. The summed E-state index contributed by atoms with van der Waals surface area (Å²) in [4.78, 5) is 22.3. The first-order valence-corrected chi connectivity index (χ1v) is 7.45. The second-order valence-electron chi connectivity index (χ2n) is 5.25. The summed E-state index contributed by atoms with van der Waals surface area (Å²) in [6.07, 6.45) is -3.35. The minimum Gasteiger partial charge on any atom is -0.394 e. The number of ether oxygens (including phenoxy) is 1. The molecule has 1 aliphatic heterocycles. The fourth-order valence-corrected chi connectivity index (χ4v) is 3.27. The molecule has 2 aromatic rings. The van der Waals surface area contributed by atoms with Gasteiger partial charge in [-0.25, -0.2) is 4.98 Å². The minimum atomic E-state index is -1.71. The Labute approximate surface area is 137 Å². The van der Waals surface area contributed by atoms with Crippen molar-refractivity contribution >= 4 is 39.7 Å². The number of nitrogens with one attached hydrogen (secondary N) is 1. The molecule has 0 bridgehead atoms. The van der Waals surface area contributed by atoms with Gasteiger partial charge < -0.3 is 25.8 Å². The van der Waals surface area contributed by atoms with Gasteiger partial charge in [0.15, 0.2) is 21.2 Å². The summed E-state index contributed by atoms with van der Waals surface area (Å²) in [6, 6.07) is 0. The van der Waals surface area contributed by atoms with Crippen molar-refractivity contribution in [3.8, 4) is 0 Å². The number of hydrogen-bond donors (Lipinski definition) is 5. The summed E-state index contributed by atoms with van der Waals surface area (Å²) < 4.78 is 7.23. The van der Waals surface area contributed by atoms with Crippen LogP contribution in [0.3, 0.4) is 0 Å². The molecule has 3 heterocycles. The van der Waals surface area contributed by atoms with Crippen LogP contribution in [0.15, 0.2) is 4.79 Å². The molecule has 2 aromatic heterocycles. The van der Waals surface area contributed by atoms with Crippen molar-refractivity contribution in [3.63, 3.8) is 0 Å².